The maximum Gasteiger partial charge on any atom is 0.227 e. The quantitative estimate of drug-likeness (QED) is 0.797. The number of hydrogen-bond acceptors (Lipinski definition) is 4. The Kier molecular flexibility index (Phi) is 2.82. The lowest BCUT2D eigenvalue weighted by atomic mass is 10.2. The summed E-state index contributed by atoms with van der Waals surface area (Å²) in [5.41, 5.74) is 2.85. The van der Waals surface area contributed by atoms with E-state index in [0.29, 0.717) is 17.1 Å². The van der Waals surface area contributed by atoms with Crippen molar-refractivity contribution in [2.24, 2.45) is 0 Å². The van der Waals surface area contributed by atoms with Gasteiger partial charge in [-0.25, -0.2) is 14.6 Å². The maximum absolute atomic E-state index is 6.33. The van der Waals surface area contributed by atoms with Crippen molar-refractivity contribution in [1.29, 1.82) is 0 Å². The molecule has 0 atom stereocenters. The zero-order valence-corrected chi connectivity index (χ0v) is 12.3. The van der Waals surface area contributed by atoms with Crippen molar-refractivity contribution in [1.82, 2.24) is 19.7 Å². The molecule has 21 heavy (non-hydrogen) atoms. The number of nitrogens with zero attached hydrogens (tertiary/aromatic N) is 4. The summed E-state index contributed by atoms with van der Waals surface area (Å²) in [6.45, 7) is 2.05. The van der Waals surface area contributed by atoms with Crippen LogP contribution in [0, 0.1) is 6.92 Å². The van der Waals surface area contributed by atoms with Crippen LogP contribution in [-0.2, 0) is 0 Å². The number of nitrogens with one attached hydrogen (secondary N) is 1. The van der Waals surface area contributed by atoms with Gasteiger partial charge in [0.2, 0.25) is 5.95 Å². The molecule has 1 aliphatic carbocycles. The number of rotatable bonds is 3. The van der Waals surface area contributed by atoms with E-state index in [1.54, 1.807) is 6.20 Å². The molecule has 0 spiro atoms. The average molecular weight is 300 g/mol. The first-order chi connectivity index (χ1) is 10.2. The van der Waals surface area contributed by atoms with Crippen molar-refractivity contribution in [3.8, 4) is 0 Å². The fraction of sp³-hybridized carbons (Fsp3) is 0.267. The molecule has 1 aromatic carbocycles. The van der Waals surface area contributed by atoms with Crippen LogP contribution >= 0.6 is 11.6 Å². The first-order valence-electron chi connectivity index (χ1n) is 6.94. The molecular formula is C15H14ClN5. The molecule has 0 radical (unpaired) electrons. The van der Waals surface area contributed by atoms with Crippen LogP contribution in [0.15, 0.2) is 30.6 Å². The lowest BCUT2D eigenvalue weighted by molar-refractivity contribution is 0.643. The SMILES string of the molecule is Cc1ccc2nc(Nc3cnn(C4CC4)c3Cl)ncc2c1. The molecule has 6 heteroatoms. The highest BCUT2D eigenvalue weighted by Crippen LogP contribution is 2.39. The Labute approximate surface area is 127 Å². The van der Waals surface area contributed by atoms with Crippen LogP contribution in [0.5, 0.6) is 0 Å². The Balaban J connectivity index is 1.66. The minimum atomic E-state index is 0.452. The Morgan fingerprint density at radius 2 is 2.14 bits per heavy atom. The van der Waals surface area contributed by atoms with Crippen molar-refractivity contribution >= 4 is 34.1 Å². The molecule has 4 rings (SSSR count). The van der Waals surface area contributed by atoms with Gasteiger partial charge in [0, 0.05) is 11.6 Å². The fourth-order valence-corrected chi connectivity index (χ4v) is 2.62. The molecule has 0 unspecified atom stereocenters. The van der Waals surface area contributed by atoms with Gasteiger partial charge in [0.1, 0.15) is 0 Å². The van der Waals surface area contributed by atoms with E-state index in [-0.39, 0.29) is 0 Å². The van der Waals surface area contributed by atoms with Gasteiger partial charge in [-0.2, -0.15) is 5.10 Å². The molecule has 1 saturated carbocycles. The number of halogens is 1. The molecule has 3 aromatic rings. The van der Waals surface area contributed by atoms with Crippen molar-refractivity contribution in [2.75, 3.05) is 5.32 Å². The molecule has 1 fully saturated rings. The molecule has 0 saturated heterocycles. The third kappa shape index (κ3) is 2.34. The molecule has 0 bridgehead atoms. The Morgan fingerprint density at radius 3 is 2.95 bits per heavy atom. The molecular weight excluding hydrogens is 286 g/mol. The molecule has 0 amide bonds. The first-order valence-corrected chi connectivity index (χ1v) is 7.32. The summed E-state index contributed by atoms with van der Waals surface area (Å²) < 4.78 is 1.86. The Bertz CT molecular complexity index is 822. The van der Waals surface area contributed by atoms with Gasteiger partial charge in [0.25, 0.3) is 0 Å². The standard InChI is InChI=1S/C15H14ClN5/c1-9-2-5-12-10(6-9)7-17-15(19-12)20-13-8-18-21(14(13)16)11-3-4-11/h2,5-8,11H,3-4H2,1H3,(H,17,19,20). The summed E-state index contributed by atoms with van der Waals surface area (Å²) in [6.07, 6.45) is 5.83. The van der Waals surface area contributed by atoms with Gasteiger partial charge in [0.05, 0.1) is 23.4 Å². The monoisotopic (exact) mass is 299 g/mol. The summed E-state index contributed by atoms with van der Waals surface area (Å²) in [7, 11) is 0. The summed E-state index contributed by atoms with van der Waals surface area (Å²) in [4.78, 5) is 8.84. The third-order valence-corrected chi connectivity index (χ3v) is 3.99. The van der Waals surface area contributed by atoms with E-state index >= 15 is 0 Å². The van der Waals surface area contributed by atoms with E-state index in [1.165, 1.54) is 5.56 Å². The molecule has 2 aromatic heterocycles. The third-order valence-electron chi connectivity index (χ3n) is 3.61. The van der Waals surface area contributed by atoms with E-state index in [4.69, 9.17) is 11.6 Å². The van der Waals surface area contributed by atoms with Crippen molar-refractivity contribution in [3.05, 3.63) is 41.3 Å². The number of aryl methyl sites for hydroxylation is 1. The van der Waals surface area contributed by atoms with Crippen molar-refractivity contribution in [3.63, 3.8) is 0 Å². The van der Waals surface area contributed by atoms with Gasteiger partial charge < -0.3 is 5.32 Å². The second-order valence-corrected chi connectivity index (χ2v) is 5.76. The van der Waals surface area contributed by atoms with E-state index in [2.05, 4.69) is 33.4 Å². The number of aromatic nitrogens is 4. The van der Waals surface area contributed by atoms with Gasteiger partial charge in [-0.15, -0.1) is 0 Å². The van der Waals surface area contributed by atoms with Crippen LogP contribution in [0.3, 0.4) is 0 Å². The van der Waals surface area contributed by atoms with Crippen LogP contribution in [-0.4, -0.2) is 19.7 Å². The van der Waals surface area contributed by atoms with Crippen LogP contribution in [0.2, 0.25) is 5.15 Å². The van der Waals surface area contributed by atoms with E-state index < -0.39 is 0 Å². The van der Waals surface area contributed by atoms with Crippen LogP contribution < -0.4 is 5.32 Å². The molecule has 5 nitrogen and oxygen atoms in total. The first kappa shape index (κ1) is 12.6. The number of anilines is 2. The predicted octanol–water partition coefficient (Wildman–Crippen LogP) is 3.87. The second kappa shape index (κ2) is 4.70. The molecule has 1 N–H and O–H groups in total. The van der Waals surface area contributed by atoms with Crippen LogP contribution in [0.25, 0.3) is 10.9 Å². The Hall–Kier alpha value is -2.14. The van der Waals surface area contributed by atoms with E-state index in [1.807, 2.05) is 23.0 Å². The van der Waals surface area contributed by atoms with E-state index in [0.717, 1.165) is 29.4 Å². The van der Waals surface area contributed by atoms with Crippen molar-refractivity contribution < 1.29 is 0 Å². The second-order valence-electron chi connectivity index (χ2n) is 5.41. The van der Waals surface area contributed by atoms with Gasteiger partial charge in [-0.1, -0.05) is 23.2 Å². The zero-order valence-electron chi connectivity index (χ0n) is 11.5. The lowest BCUT2D eigenvalue weighted by Gasteiger charge is -2.05. The van der Waals surface area contributed by atoms with Crippen molar-refractivity contribution in [2.45, 2.75) is 25.8 Å². The summed E-state index contributed by atoms with van der Waals surface area (Å²) in [6, 6.07) is 6.55. The molecule has 0 aliphatic heterocycles. The van der Waals surface area contributed by atoms with Crippen LogP contribution in [0.1, 0.15) is 24.4 Å². The van der Waals surface area contributed by atoms with Gasteiger partial charge in [0.15, 0.2) is 5.15 Å². The van der Waals surface area contributed by atoms with Crippen LogP contribution in [0.4, 0.5) is 11.6 Å². The normalized spacial score (nSPS) is 14.6. The predicted molar refractivity (Wildman–Crippen MR) is 83.1 cm³/mol. The average Bonchev–Trinajstić information content (AvgIpc) is 3.25. The zero-order chi connectivity index (χ0) is 14.4. The highest BCUT2D eigenvalue weighted by molar-refractivity contribution is 6.32. The maximum atomic E-state index is 6.33. The minimum absolute atomic E-state index is 0.452. The van der Waals surface area contributed by atoms with Gasteiger partial charge in [-0.3, -0.25) is 0 Å². The fourth-order valence-electron chi connectivity index (χ4n) is 2.34. The minimum Gasteiger partial charge on any atom is -0.320 e. The highest BCUT2D eigenvalue weighted by Gasteiger charge is 2.27. The number of fused-ring (bicyclic) bond motifs is 1. The number of hydrogen-bond donors (Lipinski definition) is 1. The Morgan fingerprint density at radius 1 is 1.29 bits per heavy atom. The van der Waals surface area contributed by atoms with Gasteiger partial charge in [-0.05, 0) is 31.9 Å². The number of benzene rings is 1. The molecule has 106 valence electrons. The lowest BCUT2D eigenvalue weighted by Crippen LogP contribution is -1.98. The molecule has 1 aliphatic rings. The topological polar surface area (TPSA) is 55.6 Å². The highest BCUT2D eigenvalue weighted by atomic mass is 35.5. The largest absolute Gasteiger partial charge is 0.320 e. The smallest absolute Gasteiger partial charge is 0.227 e. The van der Waals surface area contributed by atoms with Gasteiger partial charge >= 0.3 is 0 Å². The van der Waals surface area contributed by atoms with E-state index in [9.17, 15) is 0 Å². The molecule has 2 heterocycles. The summed E-state index contributed by atoms with van der Waals surface area (Å²) >= 11 is 6.33. The summed E-state index contributed by atoms with van der Waals surface area (Å²) in [5, 5.41) is 9.10. The summed E-state index contributed by atoms with van der Waals surface area (Å²) in [5.74, 6) is 0.531.